The molecule has 2 heterocycles. The summed E-state index contributed by atoms with van der Waals surface area (Å²) in [6, 6.07) is 6.85. The van der Waals surface area contributed by atoms with Gasteiger partial charge in [-0.3, -0.25) is 9.59 Å². The zero-order chi connectivity index (χ0) is 12.3. The molecule has 0 unspecified atom stereocenters. The molecule has 4 nitrogen and oxygen atoms in total. The highest BCUT2D eigenvalue weighted by molar-refractivity contribution is 7.09. The monoisotopic (exact) mass is 248 g/mol. The summed E-state index contributed by atoms with van der Waals surface area (Å²) < 4.78 is 0. The number of carbonyl (C=O) groups excluding carboxylic acids is 1. The molecule has 0 aliphatic carbocycles. The number of thiophene rings is 1. The third-order valence-corrected chi connectivity index (χ3v) is 3.20. The van der Waals surface area contributed by atoms with Crippen molar-refractivity contribution >= 4 is 17.2 Å². The summed E-state index contributed by atoms with van der Waals surface area (Å²) in [5.41, 5.74) is 0.146. The predicted octanol–water partition coefficient (Wildman–Crippen LogP) is 1.71. The number of hydrogen-bond donors (Lipinski definition) is 1. The predicted molar refractivity (Wildman–Crippen MR) is 67.2 cm³/mol. The van der Waals surface area contributed by atoms with Gasteiger partial charge in [-0.25, -0.2) is 0 Å². The number of amides is 1. The molecular weight excluding hydrogens is 236 g/mol. The van der Waals surface area contributed by atoms with Crippen molar-refractivity contribution in [2.24, 2.45) is 0 Å². The van der Waals surface area contributed by atoms with Crippen LogP contribution in [0.15, 0.2) is 40.6 Å². The quantitative estimate of drug-likeness (QED) is 0.899. The van der Waals surface area contributed by atoms with Crippen LogP contribution in [0.25, 0.3) is 0 Å². The van der Waals surface area contributed by atoms with Crippen molar-refractivity contribution in [2.75, 3.05) is 7.05 Å². The Kier molecular flexibility index (Phi) is 3.39. The molecule has 0 aliphatic heterocycles. The summed E-state index contributed by atoms with van der Waals surface area (Å²) in [5, 5.41) is 1.97. The first-order valence-electron chi connectivity index (χ1n) is 5.13. The van der Waals surface area contributed by atoms with E-state index in [1.807, 2.05) is 17.5 Å². The lowest BCUT2D eigenvalue weighted by molar-refractivity contribution is 0.0786. The Bertz CT molecular complexity index is 560. The van der Waals surface area contributed by atoms with Crippen LogP contribution in [0.5, 0.6) is 0 Å². The van der Waals surface area contributed by atoms with Gasteiger partial charge < -0.3 is 9.88 Å². The molecule has 0 fully saturated rings. The molecule has 1 N–H and O–H groups in total. The number of nitrogens with one attached hydrogen (secondary N) is 1. The highest BCUT2D eigenvalue weighted by Gasteiger charge is 2.12. The molecule has 0 radical (unpaired) electrons. The summed E-state index contributed by atoms with van der Waals surface area (Å²) in [7, 11) is 1.73. The van der Waals surface area contributed by atoms with Gasteiger partial charge in [-0.15, -0.1) is 11.3 Å². The Morgan fingerprint density at radius 1 is 1.47 bits per heavy atom. The summed E-state index contributed by atoms with van der Waals surface area (Å²) in [6.07, 6.45) is 1.48. The van der Waals surface area contributed by atoms with Crippen molar-refractivity contribution in [3.8, 4) is 0 Å². The molecule has 0 saturated carbocycles. The largest absolute Gasteiger partial charge is 0.337 e. The van der Waals surface area contributed by atoms with Gasteiger partial charge in [0.05, 0.1) is 6.54 Å². The maximum atomic E-state index is 12.0. The molecule has 2 rings (SSSR count). The first-order valence-corrected chi connectivity index (χ1v) is 6.01. The zero-order valence-electron chi connectivity index (χ0n) is 9.34. The second-order valence-corrected chi connectivity index (χ2v) is 4.71. The highest BCUT2D eigenvalue weighted by Crippen LogP contribution is 2.12. The van der Waals surface area contributed by atoms with Gasteiger partial charge in [-0.05, 0) is 17.5 Å². The van der Waals surface area contributed by atoms with Crippen LogP contribution in [0.4, 0.5) is 0 Å². The molecule has 5 heteroatoms. The number of nitrogens with zero attached hydrogens (tertiary/aromatic N) is 1. The number of aromatic nitrogens is 1. The Balaban J connectivity index is 2.12. The van der Waals surface area contributed by atoms with Crippen molar-refractivity contribution in [3.05, 3.63) is 56.6 Å². The number of hydrogen-bond acceptors (Lipinski definition) is 3. The van der Waals surface area contributed by atoms with E-state index in [1.54, 1.807) is 29.4 Å². The third kappa shape index (κ3) is 2.82. The van der Waals surface area contributed by atoms with Crippen LogP contribution in [0.1, 0.15) is 15.2 Å². The van der Waals surface area contributed by atoms with Crippen LogP contribution in [0.3, 0.4) is 0 Å². The van der Waals surface area contributed by atoms with Crippen molar-refractivity contribution < 1.29 is 4.79 Å². The van der Waals surface area contributed by atoms with Crippen molar-refractivity contribution in [1.29, 1.82) is 0 Å². The van der Waals surface area contributed by atoms with Crippen LogP contribution in [-0.2, 0) is 6.54 Å². The van der Waals surface area contributed by atoms with E-state index >= 15 is 0 Å². The van der Waals surface area contributed by atoms with Crippen molar-refractivity contribution in [2.45, 2.75) is 6.54 Å². The number of aromatic amines is 1. The lowest BCUT2D eigenvalue weighted by atomic mass is 10.2. The normalized spacial score (nSPS) is 10.2. The van der Waals surface area contributed by atoms with Crippen LogP contribution in [0.2, 0.25) is 0 Å². The SMILES string of the molecule is CN(Cc1cccs1)C(=O)c1cc[nH]c(=O)c1. The first-order chi connectivity index (χ1) is 8.16. The van der Waals surface area contributed by atoms with Gasteiger partial charge in [-0.2, -0.15) is 0 Å². The molecule has 17 heavy (non-hydrogen) atoms. The van der Waals surface area contributed by atoms with E-state index in [9.17, 15) is 9.59 Å². The average molecular weight is 248 g/mol. The van der Waals surface area contributed by atoms with Crippen LogP contribution in [-0.4, -0.2) is 22.8 Å². The summed E-state index contributed by atoms with van der Waals surface area (Å²) in [5.74, 6) is -0.149. The van der Waals surface area contributed by atoms with Gasteiger partial charge in [0.1, 0.15) is 0 Å². The van der Waals surface area contributed by atoms with E-state index in [1.165, 1.54) is 12.3 Å². The number of pyridine rings is 1. The smallest absolute Gasteiger partial charge is 0.254 e. The minimum Gasteiger partial charge on any atom is -0.337 e. The second kappa shape index (κ2) is 4.97. The van der Waals surface area contributed by atoms with E-state index in [-0.39, 0.29) is 11.5 Å². The summed E-state index contributed by atoms with van der Waals surface area (Å²) >= 11 is 1.61. The van der Waals surface area contributed by atoms with Gasteiger partial charge in [0.2, 0.25) is 5.56 Å². The molecule has 2 aromatic rings. The van der Waals surface area contributed by atoms with Gasteiger partial charge in [0.25, 0.3) is 5.91 Å². The fourth-order valence-corrected chi connectivity index (χ4v) is 2.26. The zero-order valence-corrected chi connectivity index (χ0v) is 10.2. The van der Waals surface area contributed by atoms with Gasteiger partial charge in [0, 0.05) is 29.8 Å². The minimum absolute atomic E-state index is 0.149. The topological polar surface area (TPSA) is 53.2 Å². The summed E-state index contributed by atoms with van der Waals surface area (Å²) in [6.45, 7) is 0.559. The molecule has 1 amide bonds. The minimum atomic E-state index is -0.264. The molecule has 0 saturated heterocycles. The molecule has 88 valence electrons. The van der Waals surface area contributed by atoms with Gasteiger partial charge >= 0.3 is 0 Å². The molecule has 0 aromatic carbocycles. The number of carbonyl (C=O) groups is 1. The van der Waals surface area contributed by atoms with Crippen LogP contribution in [0, 0.1) is 0 Å². The Morgan fingerprint density at radius 3 is 2.94 bits per heavy atom. The number of H-pyrrole nitrogens is 1. The average Bonchev–Trinajstić information content (AvgIpc) is 2.80. The molecular formula is C12H12N2O2S. The summed E-state index contributed by atoms with van der Waals surface area (Å²) in [4.78, 5) is 28.3. The van der Waals surface area contributed by atoms with Crippen LogP contribution < -0.4 is 5.56 Å². The Labute approximate surface area is 103 Å². The molecule has 0 spiro atoms. The molecule has 0 bridgehead atoms. The van der Waals surface area contributed by atoms with E-state index in [4.69, 9.17) is 0 Å². The highest BCUT2D eigenvalue weighted by atomic mass is 32.1. The van der Waals surface area contributed by atoms with Gasteiger partial charge in [-0.1, -0.05) is 6.07 Å². The fraction of sp³-hybridized carbons (Fsp3) is 0.167. The molecule has 0 atom stereocenters. The standard InChI is InChI=1S/C12H12N2O2S/c1-14(8-10-3-2-6-17-10)12(16)9-4-5-13-11(15)7-9/h2-7H,8H2,1H3,(H,13,15). The molecule has 0 aliphatic rings. The van der Waals surface area contributed by atoms with E-state index in [2.05, 4.69) is 4.98 Å². The maximum absolute atomic E-state index is 12.0. The fourth-order valence-electron chi connectivity index (χ4n) is 1.51. The third-order valence-electron chi connectivity index (χ3n) is 2.34. The van der Waals surface area contributed by atoms with E-state index in [0.29, 0.717) is 12.1 Å². The van der Waals surface area contributed by atoms with E-state index in [0.717, 1.165) is 4.88 Å². The van der Waals surface area contributed by atoms with Crippen molar-refractivity contribution in [1.82, 2.24) is 9.88 Å². The first kappa shape index (κ1) is 11.6. The Hall–Kier alpha value is -1.88. The van der Waals surface area contributed by atoms with E-state index < -0.39 is 0 Å². The number of rotatable bonds is 3. The molecule has 2 aromatic heterocycles. The lowest BCUT2D eigenvalue weighted by Crippen LogP contribution is -2.26. The van der Waals surface area contributed by atoms with Crippen molar-refractivity contribution in [3.63, 3.8) is 0 Å². The van der Waals surface area contributed by atoms with Gasteiger partial charge in [0.15, 0.2) is 0 Å². The maximum Gasteiger partial charge on any atom is 0.254 e. The second-order valence-electron chi connectivity index (χ2n) is 3.68. The lowest BCUT2D eigenvalue weighted by Gasteiger charge is -2.15. The Morgan fingerprint density at radius 2 is 2.29 bits per heavy atom. The van der Waals surface area contributed by atoms with Crippen LogP contribution >= 0.6 is 11.3 Å².